The first-order valence-corrected chi connectivity index (χ1v) is 4.85. The number of hydrogen-bond acceptors (Lipinski definition) is 3. The minimum Gasteiger partial charge on any atom is -0.503 e. The van der Waals surface area contributed by atoms with Gasteiger partial charge in [0.2, 0.25) is 0 Å². The Morgan fingerprint density at radius 3 is 2.50 bits per heavy atom. The predicted molar refractivity (Wildman–Crippen MR) is 59.6 cm³/mol. The Bertz CT molecular complexity index is 546. The number of aromatic hydroxyl groups is 2. The van der Waals surface area contributed by atoms with Crippen molar-refractivity contribution in [3.05, 3.63) is 57.9 Å². The maximum Gasteiger partial charge on any atom is 0.292 e. The van der Waals surface area contributed by atoms with Gasteiger partial charge in [-0.2, -0.15) is 0 Å². The van der Waals surface area contributed by atoms with Crippen LogP contribution < -0.4 is 5.56 Å². The smallest absolute Gasteiger partial charge is 0.292 e. The third kappa shape index (κ3) is 2.06. The van der Waals surface area contributed by atoms with Gasteiger partial charge in [0.25, 0.3) is 5.56 Å². The van der Waals surface area contributed by atoms with Crippen molar-refractivity contribution < 1.29 is 10.2 Å². The molecular weight excluding hydrogens is 206 g/mol. The molecule has 0 fully saturated rings. The van der Waals surface area contributed by atoms with Gasteiger partial charge in [-0.15, -0.1) is 0 Å². The number of rotatable bonds is 2. The summed E-state index contributed by atoms with van der Waals surface area (Å²) in [5, 5.41) is 18.8. The number of aromatic nitrogens is 1. The Morgan fingerprint density at radius 2 is 1.81 bits per heavy atom. The molecule has 0 aliphatic heterocycles. The lowest BCUT2D eigenvalue weighted by Crippen LogP contribution is -2.06. The molecule has 3 N–H and O–H groups in total. The molecule has 4 nitrogen and oxygen atoms in total. The van der Waals surface area contributed by atoms with Gasteiger partial charge < -0.3 is 10.2 Å². The van der Waals surface area contributed by atoms with Crippen molar-refractivity contribution in [2.45, 2.75) is 6.42 Å². The summed E-state index contributed by atoms with van der Waals surface area (Å²) in [4.78, 5) is 13.2. The summed E-state index contributed by atoms with van der Waals surface area (Å²) in [5.41, 5.74) is 0.793. The second kappa shape index (κ2) is 4.10. The molecule has 4 heteroatoms. The normalized spacial score (nSPS) is 10.2. The number of nitrogens with one attached hydrogen (secondary N) is 1. The predicted octanol–water partition coefficient (Wildman–Crippen LogP) is 1.38. The van der Waals surface area contributed by atoms with Gasteiger partial charge in [-0.3, -0.25) is 9.78 Å². The molecule has 0 saturated heterocycles. The van der Waals surface area contributed by atoms with Gasteiger partial charge in [0, 0.05) is 12.0 Å². The van der Waals surface area contributed by atoms with Crippen LogP contribution in [0, 0.1) is 0 Å². The molecule has 0 spiro atoms. The molecule has 16 heavy (non-hydrogen) atoms. The average molecular weight is 217 g/mol. The zero-order chi connectivity index (χ0) is 11.5. The fraction of sp³-hybridized carbons (Fsp3) is 0.0833. The monoisotopic (exact) mass is 217 g/mol. The van der Waals surface area contributed by atoms with Gasteiger partial charge in [-0.25, -0.2) is 0 Å². The quantitative estimate of drug-likeness (QED) is 0.711. The molecule has 0 aliphatic carbocycles. The van der Waals surface area contributed by atoms with Crippen molar-refractivity contribution in [1.29, 1.82) is 0 Å². The van der Waals surface area contributed by atoms with E-state index in [4.69, 9.17) is 0 Å². The first-order chi connectivity index (χ1) is 7.66. The Kier molecular flexibility index (Phi) is 2.64. The second-order valence-corrected chi connectivity index (χ2v) is 3.52. The minimum atomic E-state index is -0.686. The van der Waals surface area contributed by atoms with Crippen molar-refractivity contribution in [2.24, 2.45) is 0 Å². The summed E-state index contributed by atoms with van der Waals surface area (Å²) < 4.78 is 0. The van der Waals surface area contributed by atoms with E-state index in [1.54, 1.807) is 0 Å². The number of benzene rings is 1. The lowest BCUT2D eigenvalue weighted by molar-refractivity contribution is 0.429. The molecule has 2 aromatic rings. The molecular formula is C12H11NO3. The maximum atomic E-state index is 11.0. The van der Waals surface area contributed by atoms with E-state index in [-0.39, 0.29) is 11.6 Å². The Labute approximate surface area is 91.8 Å². The molecule has 1 aromatic carbocycles. The molecule has 82 valence electrons. The summed E-state index contributed by atoms with van der Waals surface area (Å²) in [6, 6.07) is 10.8. The summed E-state index contributed by atoms with van der Waals surface area (Å²) in [6.07, 6.45) is 0.455. The lowest BCUT2D eigenvalue weighted by atomic mass is 10.1. The van der Waals surface area contributed by atoms with Crippen molar-refractivity contribution in [3.63, 3.8) is 0 Å². The minimum absolute atomic E-state index is 0.202. The van der Waals surface area contributed by atoms with Crippen LogP contribution in [-0.4, -0.2) is 15.2 Å². The van der Waals surface area contributed by atoms with Crippen LogP contribution in [0.2, 0.25) is 0 Å². The third-order valence-corrected chi connectivity index (χ3v) is 2.32. The van der Waals surface area contributed by atoms with E-state index in [1.165, 1.54) is 6.07 Å². The lowest BCUT2D eigenvalue weighted by Gasteiger charge is -2.04. The van der Waals surface area contributed by atoms with Crippen LogP contribution in [0.3, 0.4) is 0 Å². The van der Waals surface area contributed by atoms with Crippen LogP contribution >= 0.6 is 0 Å². The van der Waals surface area contributed by atoms with Crippen molar-refractivity contribution in [2.75, 3.05) is 0 Å². The molecule has 0 atom stereocenters. The maximum absolute atomic E-state index is 11.0. The van der Waals surface area contributed by atoms with Gasteiger partial charge >= 0.3 is 0 Å². The standard InChI is InChI=1S/C12H11NO3/c14-10-7-9(11(15)13-12(10)16)6-8-4-2-1-3-5-8/h1-5,7,14H,6H2,(H2,13,15,16). The molecule has 0 unspecified atom stereocenters. The molecule has 2 rings (SSSR count). The third-order valence-electron chi connectivity index (χ3n) is 2.32. The molecule has 1 aromatic heterocycles. The zero-order valence-corrected chi connectivity index (χ0v) is 8.47. The van der Waals surface area contributed by atoms with Crippen molar-refractivity contribution >= 4 is 0 Å². The summed E-state index contributed by atoms with van der Waals surface area (Å²) in [6.45, 7) is 0. The number of hydrogen-bond donors (Lipinski definition) is 3. The highest BCUT2D eigenvalue weighted by atomic mass is 16.3. The highest BCUT2D eigenvalue weighted by Crippen LogP contribution is 2.19. The SMILES string of the molecule is O=c1[nH]c(O)c(Cc2ccccc2)cc1O. The van der Waals surface area contributed by atoms with Crippen molar-refractivity contribution in [1.82, 2.24) is 4.98 Å². The highest BCUT2D eigenvalue weighted by Gasteiger charge is 2.07. The molecule has 1 heterocycles. The molecule has 0 amide bonds. The molecule has 0 saturated carbocycles. The van der Waals surface area contributed by atoms with Crippen LogP contribution in [-0.2, 0) is 6.42 Å². The number of aromatic amines is 1. The largest absolute Gasteiger partial charge is 0.503 e. The number of pyridine rings is 1. The van der Waals surface area contributed by atoms with Crippen molar-refractivity contribution in [3.8, 4) is 11.6 Å². The highest BCUT2D eigenvalue weighted by molar-refractivity contribution is 5.36. The van der Waals surface area contributed by atoms with Gasteiger partial charge in [0.1, 0.15) is 0 Å². The van der Waals surface area contributed by atoms with Gasteiger partial charge in [0.15, 0.2) is 11.6 Å². The summed E-state index contributed by atoms with van der Waals surface area (Å²) >= 11 is 0. The fourth-order valence-corrected chi connectivity index (χ4v) is 1.50. The van der Waals surface area contributed by atoms with E-state index < -0.39 is 5.56 Å². The van der Waals surface area contributed by atoms with E-state index >= 15 is 0 Å². The topological polar surface area (TPSA) is 73.3 Å². The Hall–Kier alpha value is -2.23. The second-order valence-electron chi connectivity index (χ2n) is 3.52. The molecule has 0 radical (unpaired) electrons. The van der Waals surface area contributed by atoms with E-state index in [9.17, 15) is 15.0 Å². The van der Waals surface area contributed by atoms with Crippen LogP contribution in [0.1, 0.15) is 11.1 Å². The van der Waals surface area contributed by atoms with Gasteiger partial charge in [-0.1, -0.05) is 30.3 Å². The summed E-state index contributed by atoms with van der Waals surface area (Å²) in [7, 11) is 0. The Balaban J connectivity index is 2.36. The van der Waals surface area contributed by atoms with Gasteiger partial charge in [-0.05, 0) is 11.6 Å². The fourth-order valence-electron chi connectivity index (χ4n) is 1.50. The molecule has 0 bridgehead atoms. The molecule has 0 aliphatic rings. The summed E-state index contributed by atoms with van der Waals surface area (Å²) in [5.74, 6) is -0.588. The first-order valence-electron chi connectivity index (χ1n) is 4.85. The average Bonchev–Trinajstić information content (AvgIpc) is 2.27. The van der Waals surface area contributed by atoms with E-state index in [1.807, 2.05) is 30.3 Å². The van der Waals surface area contributed by atoms with Crippen LogP contribution in [0.4, 0.5) is 0 Å². The van der Waals surface area contributed by atoms with Gasteiger partial charge in [0.05, 0.1) is 0 Å². The van der Waals surface area contributed by atoms with Crippen LogP contribution in [0.5, 0.6) is 11.6 Å². The Morgan fingerprint density at radius 1 is 1.12 bits per heavy atom. The first kappa shape index (κ1) is 10.3. The van der Waals surface area contributed by atoms with E-state index in [0.29, 0.717) is 12.0 Å². The van der Waals surface area contributed by atoms with E-state index in [0.717, 1.165) is 5.56 Å². The van der Waals surface area contributed by atoms with E-state index in [2.05, 4.69) is 4.98 Å². The zero-order valence-electron chi connectivity index (χ0n) is 8.47. The number of H-pyrrole nitrogens is 1. The van der Waals surface area contributed by atoms with Crippen LogP contribution in [0.15, 0.2) is 41.2 Å². The van der Waals surface area contributed by atoms with Crippen LogP contribution in [0.25, 0.3) is 0 Å².